The molecule has 1 heterocycles. The average Bonchev–Trinajstić information content (AvgIpc) is 2.77. The first kappa shape index (κ1) is 12.6. The first-order chi connectivity index (χ1) is 9.08. The van der Waals surface area contributed by atoms with E-state index in [-0.39, 0.29) is 18.4 Å². The maximum absolute atomic E-state index is 11.8. The number of nitrogens with two attached hydrogens (primary N) is 1. The first-order valence-corrected chi connectivity index (χ1v) is 5.54. The smallest absolute Gasteiger partial charge is 0.246 e. The topological polar surface area (TPSA) is 110 Å². The van der Waals surface area contributed by atoms with Crippen LogP contribution in [0.5, 0.6) is 0 Å². The van der Waals surface area contributed by atoms with Crippen LogP contribution in [0.4, 0.5) is 11.6 Å². The molecule has 0 aliphatic rings. The molecule has 1 amide bonds. The second kappa shape index (κ2) is 5.18. The van der Waals surface area contributed by atoms with Gasteiger partial charge in [0.2, 0.25) is 11.9 Å². The van der Waals surface area contributed by atoms with Gasteiger partial charge in [-0.05, 0) is 24.6 Å². The van der Waals surface area contributed by atoms with Crippen molar-refractivity contribution < 1.29 is 4.79 Å². The number of amides is 1. The van der Waals surface area contributed by atoms with Crippen molar-refractivity contribution in [1.29, 1.82) is 5.26 Å². The molecule has 0 spiro atoms. The van der Waals surface area contributed by atoms with Gasteiger partial charge in [-0.2, -0.15) is 5.26 Å². The molecule has 2 rings (SSSR count). The van der Waals surface area contributed by atoms with Gasteiger partial charge >= 0.3 is 0 Å². The number of aromatic nitrogens is 3. The zero-order chi connectivity index (χ0) is 13.8. The number of nitrogens with one attached hydrogen (secondary N) is 1. The van der Waals surface area contributed by atoms with Gasteiger partial charge in [-0.15, -0.1) is 5.10 Å². The maximum atomic E-state index is 11.8. The molecule has 0 unspecified atom stereocenters. The molecule has 96 valence electrons. The van der Waals surface area contributed by atoms with Crippen LogP contribution in [0.1, 0.15) is 11.1 Å². The van der Waals surface area contributed by atoms with Gasteiger partial charge in [-0.1, -0.05) is 6.07 Å². The fourth-order valence-corrected chi connectivity index (χ4v) is 1.55. The zero-order valence-corrected chi connectivity index (χ0v) is 10.3. The molecule has 1 aromatic heterocycles. The summed E-state index contributed by atoms with van der Waals surface area (Å²) in [6.07, 6.45) is 1.38. The van der Waals surface area contributed by atoms with Gasteiger partial charge in [0.25, 0.3) is 0 Å². The highest BCUT2D eigenvalue weighted by Crippen LogP contribution is 2.16. The van der Waals surface area contributed by atoms with Crippen LogP contribution in [0, 0.1) is 18.3 Å². The molecule has 0 aliphatic heterocycles. The molecule has 7 nitrogen and oxygen atoms in total. The number of hydrogen-bond acceptors (Lipinski definition) is 5. The minimum atomic E-state index is -0.261. The molecule has 0 fully saturated rings. The van der Waals surface area contributed by atoms with E-state index in [2.05, 4.69) is 15.4 Å². The molecule has 0 atom stereocenters. The van der Waals surface area contributed by atoms with E-state index in [1.165, 1.54) is 11.0 Å². The van der Waals surface area contributed by atoms with E-state index in [1.54, 1.807) is 18.2 Å². The van der Waals surface area contributed by atoms with Crippen LogP contribution in [0.15, 0.2) is 24.5 Å². The van der Waals surface area contributed by atoms with Crippen LogP contribution in [0.25, 0.3) is 0 Å². The molecule has 19 heavy (non-hydrogen) atoms. The van der Waals surface area contributed by atoms with Crippen molar-refractivity contribution in [3.63, 3.8) is 0 Å². The Hall–Kier alpha value is -2.88. The fourth-order valence-electron chi connectivity index (χ4n) is 1.55. The third kappa shape index (κ3) is 3.07. The van der Waals surface area contributed by atoms with E-state index >= 15 is 0 Å². The number of nitrogens with zero attached hydrogens (tertiary/aromatic N) is 4. The number of aryl methyl sites for hydroxylation is 1. The largest absolute Gasteiger partial charge is 0.367 e. The van der Waals surface area contributed by atoms with Crippen LogP contribution in [-0.4, -0.2) is 20.7 Å². The Morgan fingerprint density at radius 3 is 3.00 bits per heavy atom. The monoisotopic (exact) mass is 256 g/mol. The lowest BCUT2D eigenvalue weighted by Crippen LogP contribution is -2.19. The highest BCUT2D eigenvalue weighted by atomic mass is 16.2. The second-order valence-electron chi connectivity index (χ2n) is 3.99. The summed E-state index contributed by atoms with van der Waals surface area (Å²) in [5.74, 6) is -0.140. The number of benzene rings is 1. The molecule has 2 aromatic rings. The Balaban J connectivity index is 2.09. The first-order valence-electron chi connectivity index (χ1n) is 5.54. The van der Waals surface area contributed by atoms with Gasteiger partial charge in [0, 0.05) is 5.69 Å². The third-order valence-electron chi connectivity index (χ3n) is 2.50. The summed E-state index contributed by atoms with van der Waals surface area (Å²) in [5, 5.41) is 15.4. The van der Waals surface area contributed by atoms with E-state index in [9.17, 15) is 4.79 Å². The van der Waals surface area contributed by atoms with E-state index in [0.29, 0.717) is 11.3 Å². The van der Waals surface area contributed by atoms with Crippen LogP contribution in [0.2, 0.25) is 0 Å². The molecule has 0 radical (unpaired) electrons. The number of hydrogen-bond donors (Lipinski definition) is 2. The number of rotatable bonds is 3. The summed E-state index contributed by atoms with van der Waals surface area (Å²) >= 11 is 0. The van der Waals surface area contributed by atoms with E-state index in [0.717, 1.165) is 5.56 Å². The Labute approximate surface area is 109 Å². The normalized spacial score (nSPS) is 9.89. The molecule has 7 heteroatoms. The lowest BCUT2D eigenvalue weighted by Gasteiger charge is -2.08. The van der Waals surface area contributed by atoms with Gasteiger partial charge < -0.3 is 11.1 Å². The molecular weight excluding hydrogens is 244 g/mol. The molecule has 0 saturated carbocycles. The van der Waals surface area contributed by atoms with Crippen LogP contribution in [0.3, 0.4) is 0 Å². The Bertz CT molecular complexity index is 654. The number of carbonyl (C=O) groups is 1. The summed E-state index contributed by atoms with van der Waals surface area (Å²) in [7, 11) is 0. The van der Waals surface area contributed by atoms with Gasteiger partial charge in [-0.25, -0.2) is 9.67 Å². The summed E-state index contributed by atoms with van der Waals surface area (Å²) in [6, 6.07) is 7.13. The molecule has 1 aromatic carbocycles. The predicted molar refractivity (Wildman–Crippen MR) is 69.0 cm³/mol. The van der Waals surface area contributed by atoms with Crippen molar-refractivity contribution >= 4 is 17.5 Å². The Morgan fingerprint density at radius 1 is 1.58 bits per heavy atom. The Morgan fingerprint density at radius 2 is 2.37 bits per heavy atom. The van der Waals surface area contributed by atoms with Crippen molar-refractivity contribution in [2.24, 2.45) is 0 Å². The van der Waals surface area contributed by atoms with Crippen LogP contribution < -0.4 is 11.1 Å². The summed E-state index contributed by atoms with van der Waals surface area (Å²) in [4.78, 5) is 15.5. The number of nitriles is 1. The van der Waals surface area contributed by atoms with E-state index < -0.39 is 0 Å². The molecule has 0 bridgehead atoms. The molecular formula is C12H12N6O. The van der Waals surface area contributed by atoms with Crippen molar-refractivity contribution in [2.45, 2.75) is 13.5 Å². The van der Waals surface area contributed by atoms with Gasteiger partial charge in [0.1, 0.15) is 12.9 Å². The quantitative estimate of drug-likeness (QED) is 0.839. The van der Waals surface area contributed by atoms with Crippen LogP contribution in [-0.2, 0) is 11.3 Å². The van der Waals surface area contributed by atoms with Crippen molar-refractivity contribution in [2.75, 3.05) is 11.1 Å². The number of nitrogen functional groups attached to an aromatic ring is 1. The summed E-state index contributed by atoms with van der Waals surface area (Å²) in [5.41, 5.74) is 7.34. The van der Waals surface area contributed by atoms with Crippen molar-refractivity contribution in [3.8, 4) is 6.07 Å². The minimum absolute atomic E-state index is 0.0143. The number of carbonyl (C=O) groups excluding carboxylic acids is 1. The SMILES string of the molecule is Cc1ccc(C#N)cc1NC(=O)Cn1cnc(N)n1. The van der Waals surface area contributed by atoms with Gasteiger partial charge in [0.05, 0.1) is 11.6 Å². The van der Waals surface area contributed by atoms with Gasteiger partial charge in [-0.3, -0.25) is 4.79 Å². The van der Waals surface area contributed by atoms with Crippen molar-refractivity contribution in [3.05, 3.63) is 35.7 Å². The average molecular weight is 256 g/mol. The van der Waals surface area contributed by atoms with Gasteiger partial charge in [0.15, 0.2) is 0 Å². The van der Waals surface area contributed by atoms with Crippen LogP contribution >= 0.6 is 0 Å². The molecule has 0 saturated heterocycles. The highest BCUT2D eigenvalue weighted by Gasteiger charge is 2.07. The fraction of sp³-hybridized carbons (Fsp3) is 0.167. The lowest BCUT2D eigenvalue weighted by molar-refractivity contribution is -0.116. The Kier molecular flexibility index (Phi) is 3.43. The van der Waals surface area contributed by atoms with E-state index in [4.69, 9.17) is 11.0 Å². The summed E-state index contributed by atoms with van der Waals surface area (Å²) < 4.78 is 1.34. The molecule has 3 N–H and O–H groups in total. The minimum Gasteiger partial charge on any atom is -0.367 e. The highest BCUT2D eigenvalue weighted by molar-refractivity contribution is 5.91. The van der Waals surface area contributed by atoms with E-state index in [1.807, 2.05) is 13.0 Å². The van der Waals surface area contributed by atoms with Crippen molar-refractivity contribution in [1.82, 2.24) is 14.8 Å². The lowest BCUT2D eigenvalue weighted by atomic mass is 10.1. The third-order valence-corrected chi connectivity index (χ3v) is 2.50. The molecule has 0 aliphatic carbocycles. The standard InChI is InChI=1S/C12H12N6O/c1-8-2-3-9(5-13)4-10(8)16-11(19)6-18-7-15-12(14)17-18/h2-4,7H,6H2,1H3,(H2,14,17)(H,16,19). The maximum Gasteiger partial charge on any atom is 0.246 e. The predicted octanol–water partition coefficient (Wildman–Crippen LogP) is 0.679. The second-order valence-corrected chi connectivity index (χ2v) is 3.99. The zero-order valence-electron chi connectivity index (χ0n) is 10.3. The number of anilines is 2. The summed E-state index contributed by atoms with van der Waals surface area (Å²) in [6.45, 7) is 1.87.